The number of rotatable bonds is 6. The fourth-order valence-electron chi connectivity index (χ4n) is 2.10. The second kappa shape index (κ2) is 6.32. The van der Waals surface area contributed by atoms with Gasteiger partial charge in [0.05, 0.1) is 11.5 Å². The highest BCUT2D eigenvalue weighted by Gasteiger charge is 2.23. The van der Waals surface area contributed by atoms with E-state index in [2.05, 4.69) is 10.0 Å². The Morgan fingerprint density at radius 3 is 2.95 bits per heavy atom. The fourth-order valence-corrected chi connectivity index (χ4v) is 4.86. The molecule has 0 saturated carbocycles. The molecular formula is C12H20N2O3S2. The van der Waals surface area contributed by atoms with E-state index >= 15 is 0 Å². The van der Waals surface area contributed by atoms with Crippen molar-refractivity contribution in [1.29, 1.82) is 0 Å². The normalized spacial score (nSPS) is 20.0. The Bertz CT molecular complexity index is 519. The smallest absolute Gasteiger partial charge is 0.241 e. The van der Waals surface area contributed by atoms with Crippen LogP contribution in [0.2, 0.25) is 0 Å². The topological polar surface area (TPSA) is 67.4 Å². The first kappa shape index (κ1) is 14.9. The van der Waals surface area contributed by atoms with Crippen LogP contribution in [0.4, 0.5) is 0 Å². The van der Waals surface area contributed by atoms with E-state index in [-0.39, 0.29) is 0 Å². The highest BCUT2D eigenvalue weighted by atomic mass is 32.2. The molecule has 0 amide bonds. The molecule has 1 aromatic heterocycles. The van der Waals surface area contributed by atoms with Crippen LogP contribution in [0.25, 0.3) is 0 Å². The summed E-state index contributed by atoms with van der Waals surface area (Å²) < 4.78 is 32.5. The number of hydrogen-bond donors (Lipinski definition) is 2. The summed E-state index contributed by atoms with van der Waals surface area (Å²) in [5.74, 6) is 0.297. The minimum absolute atomic E-state index is 0.297. The molecule has 1 saturated heterocycles. The zero-order chi connectivity index (χ0) is 13.9. The van der Waals surface area contributed by atoms with E-state index in [1.54, 1.807) is 6.07 Å². The van der Waals surface area contributed by atoms with Gasteiger partial charge in [0.2, 0.25) is 10.0 Å². The van der Waals surface area contributed by atoms with E-state index in [4.69, 9.17) is 4.74 Å². The van der Waals surface area contributed by atoms with Gasteiger partial charge >= 0.3 is 0 Å². The van der Waals surface area contributed by atoms with Crippen molar-refractivity contribution in [3.8, 4) is 0 Å². The van der Waals surface area contributed by atoms with E-state index in [0.29, 0.717) is 30.5 Å². The minimum Gasteiger partial charge on any atom is -0.381 e. The van der Waals surface area contributed by atoms with Crippen molar-refractivity contribution in [3.63, 3.8) is 0 Å². The van der Waals surface area contributed by atoms with Crippen LogP contribution in [-0.4, -0.2) is 35.2 Å². The molecule has 1 unspecified atom stereocenters. The van der Waals surface area contributed by atoms with Gasteiger partial charge in [-0.3, -0.25) is 0 Å². The Morgan fingerprint density at radius 2 is 2.32 bits per heavy atom. The molecule has 1 aliphatic heterocycles. The van der Waals surface area contributed by atoms with Gasteiger partial charge in [0.1, 0.15) is 0 Å². The molecule has 1 atom stereocenters. The van der Waals surface area contributed by atoms with E-state index < -0.39 is 10.0 Å². The van der Waals surface area contributed by atoms with Crippen LogP contribution in [-0.2, 0) is 21.3 Å². The second-order valence-corrected chi connectivity index (χ2v) is 7.82. The third-order valence-corrected chi connectivity index (χ3v) is 5.88. The molecule has 108 valence electrons. The third-order valence-electron chi connectivity index (χ3n) is 3.15. The van der Waals surface area contributed by atoms with Crippen LogP contribution >= 0.6 is 11.3 Å². The number of ether oxygens (including phenoxy) is 1. The summed E-state index contributed by atoms with van der Waals surface area (Å²) in [6, 6.07) is 1.75. The Labute approximate surface area is 118 Å². The van der Waals surface area contributed by atoms with Gasteiger partial charge in [-0.1, -0.05) is 0 Å². The summed E-state index contributed by atoms with van der Waals surface area (Å²) in [4.78, 5) is 2.27. The third kappa shape index (κ3) is 3.76. The molecule has 0 radical (unpaired) electrons. The maximum absolute atomic E-state index is 12.3. The highest BCUT2D eigenvalue weighted by molar-refractivity contribution is 7.89. The van der Waals surface area contributed by atoms with Crippen molar-refractivity contribution in [1.82, 2.24) is 10.0 Å². The van der Waals surface area contributed by atoms with Crippen LogP contribution in [0, 0.1) is 12.8 Å². The van der Waals surface area contributed by atoms with Crippen molar-refractivity contribution in [2.75, 3.05) is 26.8 Å². The fraction of sp³-hybridized carbons (Fsp3) is 0.667. The van der Waals surface area contributed by atoms with Crippen molar-refractivity contribution < 1.29 is 13.2 Å². The molecule has 5 nitrogen and oxygen atoms in total. The number of sulfonamides is 1. The van der Waals surface area contributed by atoms with Gasteiger partial charge in [0.25, 0.3) is 0 Å². The molecule has 2 N–H and O–H groups in total. The standard InChI is InChI=1S/C12H20N2O3S2/c1-9-12(5-11(18-9)7-13-2)19(15,16)14-6-10-3-4-17-8-10/h5,10,13-14H,3-4,6-8H2,1-2H3. The van der Waals surface area contributed by atoms with Crippen LogP contribution in [0.5, 0.6) is 0 Å². The molecule has 1 aliphatic rings. The summed E-state index contributed by atoms with van der Waals surface area (Å²) in [6.07, 6.45) is 0.927. The van der Waals surface area contributed by atoms with Crippen molar-refractivity contribution >= 4 is 21.4 Å². The summed E-state index contributed by atoms with van der Waals surface area (Å²) >= 11 is 1.52. The monoisotopic (exact) mass is 304 g/mol. The summed E-state index contributed by atoms with van der Waals surface area (Å²) in [7, 11) is -1.55. The van der Waals surface area contributed by atoms with Crippen LogP contribution in [0.15, 0.2) is 11.0 Å². The highest BCUT2D eigenvalue weighted by Crippen LogP contribution is 2.25. The van der Waals surface area contributed by atoms with E-state index in [1.807, 2.05) is 14.0 Å². The van der Waals surface area contributed by atoms with Gasteiger partial charge in [-0.15, -0.1) is 11.3 Å². The lowest BCUT2D eigenvalue weighted by atomic mass is 10.1. The van der Waals surface area contributed by atoms with Gasteiger partial charge in [-0.25, -0.2) is 13.1 Å². The largest absolute Gasteiger partial charge is 0.381 e. The molecule has 0 bridgehead atoms. The van der Waals surface area contributed by atoms with Crippen LogP contribution in [0.3, 0.4) is 0 Å². The zero-order valence-corrected chi connectivity index (χ0v) is 12.9. The van der Waals surface area contributed by atoms with E-state index in [1.165, 1.54) is 11.3 Å². The minimum atomic E-state index is -3.40. The zero-order valence-electron chi connectivity index (χ0n) is 11.2. The molecule has 0 aliphatic carbocycles. The molecule has 1 fully saturated rings. The Morgan fingerprint density at radius 1 is 1.53 bits per heavy atom. The maximum Gasteiger partial charge on any atom is 0.241 e. The second-order valence-electron chi connectivity index (χ2n) is 4.74. The maximum atomic E-state index is 12.3. The van der Waals surface area contributed by atoms with Gasteiger partial charge in [0.15, 0.2) is 0 Å². The lowest BCUT2D eigenvalue weighted by molar-refractivity contribution is 0.186. The van der Waals surface area contributed by atoms with E-state index in [9.17, 15) is 8.42 Å². The summed E-state index contributed by atoms with van der Waals surface area (Å²) in [6.45, 7) is 4.37. The molecule has 0 aromatic carbocycles. The Hall–Kier alpha value is -0.470. The molecule has 1 aromatic rings. The van der Waals surface area contributed by atoms with Crippen molar-refractivity contribution in [2.24, 2.45) is 5.92 Å². The van der Waals surface area contributed by atoms with Gasteiger partial charge in [0, 0.05) is 29.5 Å². The molecule has 19 heavy (non-hydrogen) atoms. The predicted octanol–water partition coefficient (Wildman–Crippen LogP) is 1.09. The van der Waals surface area contributed by atoms with Crippen molar-refractivity contribution in [2.45, 2.75) is 24.8 Å². The first-order chi connectivity index (χ1) is 9.03. The number of nitrogens with one attached hydrogen (secondary N) is 2. The quantitative estimate of drug-likeness (QED) is 0.825. The number of aryl methyl sites for hydroxylation is 1. The average Bonchev–Trinajstić information content (AvgIpc) is 2.97. The summed E-state index contributed by atoms with van der Waals surface area (Å²) in [5, 5.41) is 3.03. The van der Waals surface area contributed by atoms with Crippen LogP contribution < -0.4 is 10.0 Å². The first-order valence-electron chi connectivity index (χ1n) is 6.34. The Kier molecular flexibility index (Phi) is 4.97. The van der Waals surface area contributed by atoms with Gasteiger partial charge in [-0.05, 0) is 32.4 Å². The number of thiophene rings is 1. The van der Waals surface area contributed by atoms with E-state index in [0.717, 1.165) is 22.8 Å². The first-order valence-corrected chi connectivity index (χ1v) is 8.64. The summed E-state index contributed by atoms with van der Waals surface area (Å²) in [5.41, 5.74) is 0. The van der Waals surface area contributed by atoms with Gasteiger partial charge < -0.3 is 10.1 Å². The van der Waals surface area contributed by atoms with Gasteiger partial charge in [-0.2, -0.15) is 0 Å². The SMILES string of the molecule is CNCc1cc(S(=O)(=O)NCC2CCOC2)c(C)s1. The number of hydrogen-bond acceptors (Lipinski definition) is 5. The Balaban J connectivity index is 2.05. The molecule has 7 heteroatoms. The van der Waals surface area contributed by atoms with Crippen LogP contribution in [0.1, 0.15) is 16.2 Å². The molecule has 2 heterocycles. The molecule has 2 rings (SSSR count). The average molecular weight is 304 g/mol. The lowest BCUT2D eigenvalue weighted by Crippen LogP contribution is -2.29. The predicted molar refractivity (Wildman–Crippen MR) is 75.9 cm³/mol. The lowest BCUT2D eigenvalue weighted by Gasteiger charge is -2.09. The van der Waals surface area contributed by atoms with Crippen molar-refractivity contribution in [3.05, 3.63) is 15.8 Å². The molecular weight excluding hydrogens is 284 g/mol. The molecule has 0 spiro atoms.